The number of aromatic nitrogens is 2. The maximum atomic E-state index is 14.8. The molecule has 0 bridgehead atoms. The zero-order chi connectivity index (χ0) is 25.6. The van der Waals surface area contributed by atoms with Crippen LogP contribution in [-0.4, -0.2) is 63.8 Å². The number of hydrogen-bond acceptors (Lipinski definition) is 6. The summed E-state index contributed by atoms with van der Waals surface area (Å²) in [5, 5.41) is 0.992. The first kappa shape index (κ1) is 25.1. The second-order valence-electron chi connectivity index (χ2n) is 8.59. The van der Waals surface area contributed by atoms with Gasteiger partial charge in [-0.1, -0.05) is 18.2 Å². The van der Waals surface area contributed by atoms with Crippen LogP contribution in [0.4, 0.5) is 14.6 Å². The Balaban J connectivity index is 1.68. The Hall–Kier alpha value is -2.56. The minimum atomic E-state index is -0.718. The minimum Gasteiger partial charge on any atom is -0.352 e. The third kappa shape index (κ3) is 4.29. The van der Waals surface area contributed by atoms with E-state index in [1.165, 1.54) is 30.0 Å². The van der Waals surface area contributed by atoms with Crippen molar-refractivity contribution in [2.45, 2.75) is 17.5 Å². The van der Waals surface area contributed by atoms with E-state index in [2.05, 4.69) is 11.6 Å². The molecule has 0 aliphatic carbocycles. The van der Waals surface area contributed by atoms with Crippen molar-refractivity contribution in [1.82, 2.24) is 14.5 Å². The maximum absolute atomic E-state index is 14.8. The van der Waals surface area contributed by atoms with Crippen molar-refractivity contribution in [3.8, 4) is 11.1 Å². The van der Waals surface area contributed by atoms with E-state index >= 15 is 0 Å². The fraction of sp³-hybridized carbons (Fsp3) is 0.320. The van der Waals surface area contributed by atoms with Crippen molar-refractivity contribution in [1.29, 1.82) is 0 Å². The minimum absolute atomic E-state index is 0.0802. The van der Waals surface area contributed by atoms with Gasteiger partial charge >= 0.3 is 5.69 Å². The molecule has 6 nitrogen and oxygen atoms in total. The zero-order valence-electron chi connectivity index (χ0n) is 19.5. The highest BCUT2D eigenvalue weighted by atomic mass is 35.5. The standard InChI is InChI=1S/C25H23ClF2N4O2S2/c1-3-20(33)31-7-6-30(12-15(31)13-35-2)24-17-11-18(26)21(16-5-4-14(27)10-19(16)28)23-22(17)32(8-9-36-23)25(34)29-24/h3-5,10-11,15H,1,6-9,12-13H2,2H3/t15-/m1/s1. The normalized spacial score (nSPS) is 17.5. The van der Waals surface area contributed by atoms with Gasteiger partial charge in [-0.25, -0.2) is 13.6 Å². The topological polar surface area (TPSA) is 58.4 Å². The van der Waals surface area contributed by atoms with Gasteiger partial charge in [0, 0.05) is 65.2 Å². The summed E-state index contributed by atoms with van der Waals surface area (Å²) in [6.07, 6.45) is 3.30. The number of carbonyl (C=O) groups excluding carboxylic acids is 1. The van der Waals surface area contributed by atoms with Crippen LogP contribution in [0.3, 0.4) is 0 Å². The van der Waals surface area contributed by atoms with Crippen LogP contribution in [0.5, 0.6) is 0 Å². The van der Waals surface area contributed by atoms with Gasteiger partial charge in [-0.3, -0.25) is 9.36 Å². The van der Waals surface area contributed by atoms with Gasteiger partial charge in [-0.05, 0) is 30.5 Å². The van der Waals surface area contributed by atoms with E-state index in [0.717, 1.165) is 11.8 Å². The van der Waals surface area contributed by atoms with E-state index in [1.807, 2.05) is 11.2 Å². The van der Waals surface area contributed by atoms with Crippen molar-refractivity contribution in [3.63, 3.8) is 0 Å². The predicted molar refractivity (Wildman–Crippen MR) is 143 cm³/mol. The van der Waals surface area contributed by atoms with E-state index in [1.54, 1.807) is 27.3 Å². The number of halogens is 3. The van der Waals surface area contributed by atoms with Crippen LogP contribution >= 0.6 is 35.1 Å². The fourth-order valence-electron chi connectivity index (χ4n) is 4.92. The number of aryl methyl sites for hydroxylation is 1. The van der Waals surface area contributed by atoms with Gasteiger partial charge in [0.1, 0.15) is 17.5 Å². The molecule has 5 rings (SSSR count). The Kier molecular flexibility index (Phi) is 7.02. The Bertz CT molecular complexity index is 1450. The summed E-state index contributed by atoms with van der Waals surface area (Å²) in [5.74, 6) is 0.304. The molecular weight excluding hydrogens is 526 g/mol. The lowest BCUT2D eigenvalue weighted by Crippen LogP contribution is -2.56. The molecule has 2 aromatic carbocycles. The second kappa shape index (κ2) is 10.1. The molecule has 3 aromatic rings. The average molecular weight is 549 g/mol. The van der Waals surface area contributed by atoms with Crippen molar-refractivity contribution < 1.29 is 13.6 Å². The monoisotopic (exact) mass is 548 g/mol. The van der Waals surface area contributed by atoms with Crippen molar-refractivity contribution >= 4 is 57.8 Å². The maximum Gasteiger partial charge on any atom is 0.350 e. The van der Waals surface area contributed by atoms with Crippen molar-refractivity contribution in [2.24, 2.45) is 0 Å². The van der Waals surface area contributed by atoms with E-state index in [0.29, 0.717) is 64.1 Å². The second-order valence-corrected chi connectivity index (χ2v) is 11.0. The van der Waals surface area contributed by atoms with Crippen LogP contribution in [-0.2, 0) is 11.3 Å². The van der Waals surface area contributed by atoms with Crippen LogP contribution in [0.25, 0.3) is 22.0 Å². The lowest BCUT2D eigenvalue weighted by Gasteiger charge is -2.41. The lowest BCUT2D eigenvalue weighted by atomic mass is 10.0. The number of thioether (sulfide) groups is 2. The molecule has 1 fully saturated rings. The van der Waals surface area contributed by atoms with E-state index in [-0.39, 0.29) is 17.5 Å². The molecule has 1 aromatic heterocycles. The molecule has 188 valence electrons. The van der Waals surface area contributed by atoms with Gasteiger partial charge in [0.05, 0.1) is 16.6 Å². The first-order chi connectivity index (χ1) is 17.3. The van der Waals surface area contributed by atoms with Gasteiger partial charge in [0.15, 0.2) is 0 Å². The third-order valence-corrected chi connectivity index (χ3v) is 8.60. The molecule has 11 heteroatoms. The highest BCUT2D eigenvalue weighted by Gasteiger charge is 2.32. The summed E-state index contributed by atoms with van der Waals surface area (Å²) in [4.78, 5) is 34.5. The van der Waals surface area contributed by atoms with E-state index in [4.69, 9.17) is 11.6 Å². The number of carbonyl (C=O) groups is 1. The lowest BCUT2D eigenvalue weighted by molar-refractivity contribution is -0.128. The molecular formula is C25H23ClF2N4O2S2. The molecule has 2 aliphatic heterocycles. The Labute approximate surface area is 220 Å². The van der Waals surface area contributed by atoms with E-state index in [9.17, 15) is 18.4 Å². The first-order valence-corrected chi connectivity index (χ1v) is 14.1. The van der Waals surface area contributed by atoms with Gasteiger partial charge in [0.25, 0.3) is 0 Å². The summed E-state index contributed by atoms with van der Waals surface area (Å²) < 4.78 is 30.0. The first-order valence-electron chi connectivity index (χ1n) is 11.4. The molecule has 0 spiro atoms. The molecule has 0 N–H and O–H groups in total. The summed E-state index contributed by atoms with van der Waals surface area (Å²) in [5.41, 5.74) is 0.883. The third-order valence-electron chi connectivity index (χ3n) is 6.51. The molecule has 0 radical (unpaired) electrons. The number of rotatable bonds is 5. The number of nitrogens with zero attached hydrogens (tertiary/aromatic N) is 4. The van der Waals surface area contributed by atoms with Crippen LogP contribution in [0.15, 0.2) is 46.6 Å². The van der Waals surface area contributed by atoms with Crippen LogP contribution < -0.4 is 10.6 Å². The van der Waals surface area contributed by atoms with Gasteiger partial charge in [0.2, 0.25) is 5.91 Å². The number of benzene rings is 2. The van der Waals surface area contributed by atoms with Crippen LogP contribution in [0, 0.1) is 11.6 Å². The molecule has 1 atom stereocenters. The molecule has 1 amide bonds. The highest BCUT2D eigenvalue weighted by Crippen LogP contribution is 2.46. The quantitative estimate of drug-likeness (QED) is 0.432. The molecule has 36 heavy (non-hydrogen) atoms. The molecule has 0 unspecified atom stereocenters. The fourth-order valence-corrected chi connectivity index (χ4v) is 7.15. The zero-order valence-corrected chi connectivity index (χ0v) is 21.9. The summed E-state index contributed by atoms with van der Waals surface area (Å²) in [7, 11) is 0. The average Bonchev–Trinajstić information content (AvgIpc) is 2.86. The van der Waals surface area contributed by atoms with Gasteiger partial charge < -0.3 is 9.80 Å². The largest absolute Gasteiger partial charge is 0.352 e. The Morgan fingerprint density at radius 3 is 2.83 bits per heavy atom. The Morgan fingerprint density at radius 2 is 2.11 bits per heavy atom. The smallest absolute Gasteiger partial charge is 0.350 e. The number of piperazine rings is 1. The molecule has 2 aliphatic rings. The summed E-state index contributed by atoms with van der Waals surface area (Å²) >= 11 is 9.88. The van der Waals surface area contributed by atoms with Crippen LogP contribution in [0.1, 0.15) is 0 Å². The highest BCUT2D eigenvalue weighted by molar-refractivity contribution is 7.99. The molecule has 0 saturated carbocycles. The predicted octanol–water partition coefficient (Wildman–Crippen LogP) is 4.67. The number of anilines is 1. The summed E-state index contributed by atoms with van der Waals surface area (Å²) in [6.45, 7) is 5.54. The number of amides is 1. The van der Waals surface area contributed by atoms with Gasteiger partial charge in [-0.15, -0.1) is 11.8 Å². The molecule has 3 heterocycles. The summed E-state index contributed by atoms with van der Waals surface area (Å²) in [6, 6.07) is 5.03. The van der Waals surface area contributed by atoms with Crippen molar-refractivity contribution in [3.05, 3.63) is 64.1 Å². The van der Waals surface area contributed by atoms with Crippen molar-refractivity contribution in [2.75, 3.05) is 42.3 Å². The SMILES string of the molecule is C=CC(=O)N1CCN(c2nc(=O)n3c4c(c(-c5ccc(F)cc5F)c(Cl)cc24)SCC3)C[C@@H]1CSC. The van der Waals surface area contributed by atoms with Gasteiger partial charge in [-0.2, -0.15) is 16.7 Å². The Morgan fingerprint density at radius 1 is 1.31 bits per heavy atom. The van der Waals surface area contributed by atoms with E-state index < -0.39 is 17.3 Å². The van der Waals surface area contributed by atoms with Crippen LogP contribution in [0.2, 0.25) is 5.02 Å². The molecule has 1 saturated heterocycles. The number of hydrogen-bond donors (Lipinski definition) is 0.